The molecule has 13 N–H and O–H groups in total. The normalized spacial score (nSPS) is 14.4. The number of hydrogen-bond acceptors (Lipinski definition) is 12. The minimum atomic E-state index is -5.08. The van der Waals surface area contributed by atoms with E-state index < -0.39 is 60.3 Å². The highest BCUT2D eigenvalue weighted by atomic mass is 19.4. The number of imide groups is 1. The van der Waals surface area contributed by atoms with Gasteiger partial charge in [0, 0.05) is 13.5 Å². The monoisotopic (exact) mass is 1050 g/mol. The molecule has 0 aliphatic carbocycles. The zero-order chi connectivity index (χ0) is 55.0. The number of aliphatic carboxylic acids is 3. The van der Waals surface area contributed by atoms with Crippen molar-refractivity contribution < 1.29 is 93.2 Å². The summed E-state index contributed by atoms with van der Waals surface area (Å²) in [5, 5.41) is 32.5. The number of unbranched alkanes of at least 4 members (excludes halogenated alkanes) is 1. The lowest BCUT2D eigenvalue weighted by atomic mass is 9.91. The van der Waals surface area contributed by atoms with E-state index in [-0.39, 0.29) is 43.2 Å². The number of carbonyl (C=O) groups excluding carboxylic acids is 5. The lowest BCUT2D eigenvalue weighted by Gasteiger charge is -2.33. The molecule has 2 aromatic rings. The molecule has 2 heterocycles. The molecule has 0 radical (unpaired) electrons. The Hall–Kier alpha value is -7.08. The van der Waals surface area contributed by atoms with Crippen molar-refractivity contribution in [3.8, 4) is 0 Å². The van der Waals surface area contributed by atoms with Crippen molar-refractivity contribution in [2.24, 2.45) is 28.1 Å². The Kier molecular flexibility index (Phi) is 26.2. The molecule has 402 valence electrons. The van der Waals surface area contributed by atoms with E-state index in [1.807, 2.05) is 30.3 Å². The van der Waals surface area contributed by atoms with E-state index in [0.29, 0.717) is 54.5 Å². The van der Waals surface area contributed by atoms with Crippen molar-refractivity contribution in [3.63, 3.8) is 0 Å². The van der Waals surface area contributed by atoms with E-state index in [9.17, 15) is 63.5 Å². The number of carbonyl (C=O) groups is 8. The van der Waals surface area contributed by atoms with Crippen LogP contribution in [0.3, 0.4) is 0 Å². The van der Waals surface area contributed by atoms with Crippen LogP contribution in [0.25, 0.3) is 0 Å². The van der Waals surface area contributed by atoms with Crippen LogP contribution in [0, 0.1) is 5.92 Å². The molecular weight excluding hydrogens is 992 g/mol. The van der Waals surface area contributed by atoms with Crippen molar-refractivity contribution in [1.29, 1.82) is 0 Å². The molecule has 2 aliphatic rings. The second-order valence-electron chi connectivity index (χ2n) is 15.5. The van der Waals surface area contributed by atoms with Crippen LogP contribution in [-0.2, 0) is 33.6 Å². The number of amides is 5. The first-order chi connectivity index (χ1) is 33.4. The number of halogens is 9. The van der Waals surface area contributed by atoms with Crippen LogP contribution in [0.1, 0.15) is 68.6 Å². The maximum absolute atomic E-state index is 13.8. The largest absolute Gasteiger partial charge is 0.490 e. The van der Waals surface area contributed by atoms with Gasteiger partial charge in [-0.1, -0.05) is 37.1 Å². The molecule has 0 saturated carbocycles. The maximum atomic E-state index is 13.8. The van der Waals surface area contributed by atoms with E-state index >= 15 is 0 Å². The third-order valence-electron chi connectivity index (χ3n) is 9.92. The number of hydrogen-bond donors (Lipinski definition) is 10. The topological polar surface area (TPSA) is 342 Å². The molecule has 2 aliphatic heterocycles. The van der Waals surface area contributed by atoms with Crippen molar-refractivity contribution >= 4 is 70.5 Å². The van der Waals surface area contributed by atoms with Crippen LogP contribution < -0.4 is 43.4 Å². The fourth-order valence-electron chi connectivity index (χ4n) is 6.53. The first-order valence-electron chi connectivity index (χ1n) is 21.5. The van der Waals surface area contributed by atoms with Crippen LogP contribution in [0.5, 0.6) is 0 Å². The molecule has 0 unspecified atom stereocenters. The zero-order valence-corrected chi connectivity index (χ0v) is 38.3. The zero-order valence-electron chi connectivity index (χ0n) is 38.3. The van der Waals surface area contributed by atoms with E-state index in [4.69, 9.17) is 46.9 Å². The molecule has 30 heteroatoms. The average molecular weight is 1050 g/mol. The fourth-order valence-corrected chi connectivity index (χ4v) is 6.53. The molecule has 2 atom stereocenters. The first kappa shape index (κ1) is 62.9. The summed E-state index contributed by atoms with van der Waals surface area (Å²) in [4.78, 5) is 98.7. The molecule has 1 fully saturated rings. The summed E-state index contributed by atoms with van der Waals surface area (Å²) in [6, 6.07) is 13.0. The van der Waals surface area contributed by atoms with Gasteiger partial charge in [-0.15, -0.1) is 0 Å². The number of carboxylic acids is 3. The van der Waals surface area contributed by atoms with Gasteiger partial charge in [0.2, 0.25) is 23.6 Å². The molecule has 0 aromatic heterocycles. The Balaban J connectivity index is 0.00000103. The average Bonchev–Trinajstić information content (AvgIpc) is 3.40. The highest BCUT2D eigenvalue weighted by molar-refractivity contribution is 6.18. The number of para-hydroxylation sites is 3. The number of anilines is 3. The number of alkyl halides is 9. The summed E-state index contributed by atoms with van der Waals surface area (Å²) < 4.78 is 95.2. The van der Waals surface area contributed by atoms with Crippen molar-refractivity contribution in [2.45, 2.75) is 88.9 Å². The minimum absolute atomic E-state index is 0.0837. The molecular formula is C42H55F9N10O11. The summed E-state index contributed by atoms with van der Waals surface area (Å²) in [7, 11) is 0. The number of benzene rings is 2. The number of likely N-dealkylation sites (tertiary alicyclic amines) is 1. The summed E-state index contributed by atoms with van der Waals surface area (Å²) >= 11 is 0. The molecule has 1 saturated heterocycles. The van der Waals surface area contributed by atoms with Crippen LogP contribution in [-0.4, -0.2) is 144 Å². The van der Waals surface area contributed by atoms with Gasteiger partial charge in [-0.3, -0.25) is 44.1 Å². The number of carboxylic acid groups (broad SMARTS) is 3. The number of nitrogens with one attached hydrogen (secondary N) is 4. The molecule has 5 amide bonds. The maximum Gasteiger partial charge on any atom is 0.490 e. The summed E-state index contributed by atoms with van der Waals surface area (Å²) in [5.41, 5.74) is 18.8. The Bertz CT molecular complexity index is 2130. The second kappa shape index (κ2) is 29.9. The van der Waals surface area contributed by atoms with Crippen molar-refractivity contribution in [3.05, 3.63) is 54.1 Å². The van der Waals surface area contributed by atoms with Gasteiger partial charge in [-0.25, -0.2) is 14.4 Å². The van der Waals surface area contributed by atoms with Crippen LogP contribution in [0.4, 0.5) is 56.6 Å². The molecule has 21 nitrogen and oxygen atoms in total. The number of nitrogens with two attached hydrogens (primary N) is 3. The summed E-state index contributed by atoms with van der Waals surface area (Å²) in [5.74, 6) is -9.62. The standard InChI is InChI=1S/C36H52N10O5.3C2HF3O2/c1-24(47)42-29(12-8-18-37)35(51)44-34(50)28(15-20-41-36(38)39)40-19-7-6-9-25-16-21-45(22-17-25)23-32(48)46-30-13-4-2-10-26(30)33(49)43-27-11-3-5-14-31(27)46;3*3-2(4,5)1(6)7/h2-5,10-11,13-14,25,28-29,40H,6-9,12,15-23,37H2,1H3,(H,42,47)(H,43,49)(H4,38,39,41)(H,44,50,51);3*(H,6,7)/t28-,29+;;;/m0.../s1. The Morgan fingerprint density at radius 3 is 1.75 bits per heavy atom. The second-order valence-corrected chi connectivity index (χ2v) is 15.5. The van der Waals surface area contributed by atoms with Gasteiger partial charge < -0.3 is 48.5 Å². The smallest absolute Gasteiger partial charge is 0.475 e. The van der Waals surface area contributed by atoms with Gasteiger partial charge in [-0.2, -0.15) is 39.5 Å². The Labute approximate surface area is 404 Å². The molecule has 4 rings (SSSR count). The third-order valence-corrected chi connectivity index (χ3v) is 9.92. The van der Waals surface area contributed by atoms with E-state index in [0.717, 1.165) is 45.2 Å². The van der Waals surface area contributed by atoms with Gasteiger partial charge in [0.15, 0.2) is 5.96 Å². The van der Waals surface area contributed by atoms with E-state index in [1.165, 1.54) is 6.92 Å². The van der Waals surface area contributed by atoms with E-state index in [2.05, 4.69) is 31.2 Å². The number of fused-ring (bicyclic) bond motifs is 2. The number of piperidine rings is 1. The minimum Gasteiger partial charge on any atom is -0.475 e. The van der Waals surface area contributed by atoms with Gasteiger partial charge in [0.1, 0.15) is 6.04 Å². The van der Waals surface area contributed by atoms with Crippen LogP contribution in [0.2, 0.25) is 0 Å². The lowest BCUT2D eigenvalue weighted by molar-refractivity contribution is -0.193. The van der Waals surface area contributed by atoms with Crippen molar-refractivity contribution in [2.75, 3.05) is 49.5 Å². The van der Waals surface area contributed by atoms with Crippen LogP contribution in [0.15, 0.2) is 53.5 Å². The highest BCUT2D eigenvalue weighted by Gasteiger charge is 2.40. The molecule has 2 aromatic carbocycles. The molecule has 0 spiro atoms. The number of aliphatic imine (C=N–C) groups is 1. The van der Waals surface area contributed by atoms with Gasteiger partial charge in [0.05, 0.1) is 35.2 Å². The van der Waals surface area contributed by atoms with Gasteiger partial charge in [-0.05, 0) is 94.9 Å². The number of nitrogens with zero attached hydrogens (tertiary/aromatic N) is 3. The van der Waals surface area contributed by atoms with Gasteiger partial charge in [0.25, 0.3) is 5.91 Å². The fraction of sp³-hybridized carbons (Fsp3) is 0.500. The van der Waals surface area contributed by atoms with E-state index in [1.54, 1.807) is 23.1 Å². The third kappa shape index (κ3) is 23.7. The lowest BCUT2D eigenvalue weighted by Crippen LogP contribution is -2.53. The van der Waals surface area contributed by atoms with Crippen LogP contribution >= 0.6 is 0 Å². The Morgan fingerprint density at radius 1 is 0.750 bits per heavy atom. The SMILES string of the molecule is CC(=O)N[C@H](CCCN)C(=O)NC(=O)[C@H](CCN=C(N)N)NCCCCC1CCN(CC(=O)N2c3ccccc3NC(=O)c3ccccc32)CC1.O=C(O)C(F)(F)F.O=C(O)C(F)(F)F.O=C(O)C(F)(F)F. The quantitative estimate of drug-likeness (QED) is 0.0471. The predicted molar refractivity (Wildman–Crippen MR) is 238 cm³/mol. The summed E-state index contributed by atoms with van der Waals surface area (Å²) in [6.07, 6.45) is -9.40. The summed E-state index contributed by atoms with van der Waals surface area (Å²) in [6.45, 7) is 4.27. The van der Waals surface area contributed by atoms with Crippen molar-refractivity contribution in [1.82, 2.24) is 20.9 Å². The number of rotatable bonds is 17. The first-order valence-corrected chi connectivity index (χ1v) is 21.5. The Morgan fingerprint density at radius 2 is 1.25 bits per heavy atom. The molecule has 72 heavy (non-hydrogen) atoms. The molecule has 0 bridgehead atoms. The highest BCUT2D eigenvalue weighted by Crippen LogP contribution is 2.38. The van der Waals surface area contributed by atoms with Gasteiger partial charge >= 0.3 is 36.4 Å². The number of guanidine groups is 1. The predicted octanol–water partition coefficient (Wildman–Crippen LogP) is 3.21.